The van der Waals surface area contributed by atoms with Crippen molar-refractivity contribution in [3.8, 4) is 0 Å². The lowest BCUT2D eigenvalue weighted by atomic mass is 10.0. The van der Waals surface area contributed by atoms with E-state index >= 15 is 0 Å². The number of hydrogen-bond donors (Lipinski definition) is 2. The van der Waals surface area contributed by atoms with E-state index < -0.39 is 0 Å². The summed E-state index contributed by atoms with van der Waals surface area (Å²) < 4.78 is 10.6. The predicted molar refractivity (Wildman–Crippen MR) is 59.1 cm³/mol. The van der Waals surface area contributed by atoms with Crippen molar-refractivity contribution in [3.63, 3.8) is 0 Å². The minimum absolute atomic E-state index is 0.0550. The Morgan fingerprint density at radius 1 is 1.31 bits per heavy atom. The molecule has 2 aliphatic heterocycles. The number of nitrogens with one attached hydrogen (secondary N) is 2. The van der Waals surface area contributed by atoms with Crippen LogP contribution in [0.2, 0.25) is 0 Å². The highest BCUT2D eigenvalue weighted by Crippen LogP contribution is 2.15. The molecule has 3 unspecified atom stereocenters. The summed E-state index contributed by atoms with van der Waals surface area (Å²) in [7, 11) is 0. The molecule has 2 N–H and O–H groups in total. The lowest BCUT2D eigenvalue weighted by Gasteiger charge is -2.19. The molecule has 0 aromatic carbocycles. The third kappa shape index (κ3) is 2.72. The normalized spacial score (nSPS) is 34.2. The van der Waals surface area contributed by atoms with Crippen molar-refractivity contribution in [1.29, 1.82) is 0 Å². The molecule has 5 nitrogen and oxygen atoms in total. The Morgan fingerprint density at radius 3 is 2.88 bits per heavy atom. The Hall–Kier alpha value is -0.650. The van der Waals surface area contributed by atoms with Crippen molar-refractivity contribution < 1.29 is 14.3 Å². The summed E-state index contributed by atoms with van der Waals surface area (Å²) in [5.74, 6) is 0.0412. The van der Waals surface area contributed by atoms with Crippen LogP contribution in [-0.4, -0.2) is 51.0 Å². The number of amides is 1. The summed E-state index contributed by atoms with van der Waals surface area (Å²) in [5, 5.41) is 6.31. The number of carbonyl (C=O) groups excluding carboxylic acids is 1. The van der Waals surface area contributed by atoms with Crippen molar-refractivity contribution >= 4 is 5.91 Å². The third-order valence-corrected chi connectivity index (χ3v) is 3.16. The van der Waals surface area contributed by atoms with E-state index in [1.165, 1.54) is 0 Å². The van der Waals surface area contributed by atoms with Crippen LogP contribution in [0, 0.1) is 5.92 Å². The summed E-state index contributed by atoms with van der Waals surface area (Å²) in [5.41, 5.74) is 0. The molecule has 92 valence electrons. The van der Waals surface area contributed by atoms with Gasteiger partial charge >= 0.3 is 0 Å². The molecule has 1 amide bonds. The first-order valence-electron chi connectivity index (χ1n) is 6.00. The molecule has 0 aliphatic carbocycles. The highest BCUT2D eigenvalue weighted by Gasteiger charge is 2.34. The van der Waals surface area contributed by atoms with E-state index in [0.29, 0.717) is 19.8 Å². The maximum Gasteiger partial charge on any atom is 0.227 e. The van der Waals surface area contributed by atoms with Crippen molar-refractivity contribution in [2.45, 2.75) is 25.4 Å². The maximum absolute atomic E-state index is 12.0. The fourth-order valence-corrected chi connectivity index (χ4v) is 2.23. The van der Waals surface area contributed by atoms with Crippen LogP contribution in [0.3, 0.4) is 0 Å². The van der Waals surface area contributed by atoms with Crippen LogP contribution in [0.15, 0.2) is 0 Å². The van der Waals surface area contributed by atoms with Crippen LogP contribution in [0.1, 0.15) is 13.3 Å². The molecule has 0 saturated carbocycles. The van der Waals surface area contributed by atoms with Gasteiger partial charge in [0, 0.05) is 12.6 Å². The number of ether oxygens (including phenoxy) is 2. The third-order valence-electron chi connectivity index (χ3n) is 3.16. The average Bonchev–Trinajstić information content (AvgIpc) is 2.89. The summed E-state index contributed by atoms with van der Waals surface area (Å²) in [6, 6.07) is 0.350. The van der Waals surface area contributed by atoms with Crippen molar-refractivity contribution in [3.05, 3.63) is 0 Å². The smallest absolute Gasteiger partial charge is 0.227 e. The van der Waals surface area contributed by atoms with Gasteiger partial charge in [0.05, 0.1) is 31.8 Å². The molecule has 0 radical (unpaired) electrons. The summed E-state index contributed by atoms with van der Waals surface area (Å²) in [4.78, 5) is 12.0. The first-order valence-corrected chi connectivity index (χ1v) is 6.00. The molecule has 5 heteroatoms. The zero-order valence-electron chi connectivity index (χ0n) is 9.70. The quantitative estimate of drug-likeness (QED) is 0.682. The van der Waals surface area contributed by atoms with E-state index in [-0.39, 0.29) is 23.9 Å². The van der Waals surface area contributed by atoms with Gasteiger partial charge in [-0.3, -0.25) is 4.79 Å². The summed E-state index contributed by atoms with van der Waals surface area (Å²) in [6.45, 7) is 5.46. The van der Waals surface area contributed by atoms with Gasteiger partial charge < -0.3 is 20.1 Å². The molecule has 0 aromatic heterocycles. The van der Waals surface area contributed by atoms with Crippen molar-refractivity contribution in [2.75, 3.05) is 33.0 Å². The number of rotatable bonds is 4. The van der Waals surface area contributed by atoms with E-state index in [1.807, 2.05) is 6.92 Å². The van der Waals surface area contributed by atoms with Crippen LogP contribution >= 0.6 is 0 Å². The molecular formula is C11H20N2O3. The van der Waals surface area contributed by atoms with Gasteiger partial charge in [0.1, 0.15) is 0 Å². The van der Waals surface area contributed by atoms with Crippen LogP contribution in [0.4, 0.5) is 0 Å². The molecule has 0 aromatic rings. The maximum atomic E-state index is 12.0. The van der Waals surface area contributed by atoms with Crippen LogP contribution in [0.5, 0.6) is 0 Å². The van der Waals surface area contributed by atoms with Gasteiger partial charge in [-0.15, -0.1) is 0 Å². The minimum atomic E-state index is -0.0550. The van der Waals surface area contributed by atoms with Gasteiger partial charge in [-0.25, -0.2) is 0 Å². The second kappa shape index (κ2) is 5.61. The van der Waals surface area contributed by atoms with E-state index in [9.17, 15) is 4.79 Å². The average molecular weight is 228 g/mol. The first-order chi connectivity index (χ1) is 7.81. The van der Waals surface area contributed by atoms with Gasteiger partial charge in [0.15, 0.2) is 0 Å². The molecule has 2 aliphatic rings. The molecule has 0 bridgehead atoms. The van der Waals surface area contributed by atoms with E-state index in [4.69, 9.17) is 9.47 Å². The SMILES string of the molecule is CCNC1COCC1C(=O)NC1CCOC1. The second-order valence-corrected chi connectivity index (χ2v) is 4.38. The largest absolute Gasteiger partial charge is 0.379 e. The van der Waals surface area contributed by atoms with Gasteiger partial charge in [0.25, 0.3) is 0 Å². The Labute approximate surface area is 95.9 Å². The van der Waals surface area contributed by atoms with E-state index in [2.05, 4.69) is 10.6 Å². The highest BCUT2D eigenvalue weighted by molar-refractivity contribution is 5.80. The monoisotopic (exact) mass is 228 g/mol. The van der Waals surface area contributed by atoms with Crippen LogP contribution in [-0.2, 0) is 14.3 Å². The van der Waals surface area contributed by atoms with Gasteiger partial charge in [-0.05, 0) is 13.0 Å². The lowest BCUT2D eigenvalue weighted by Crippen LogP contribution is -2.47. The fraction of sp³-hybridized carbons (Fsp3) is 0.909. The Bertz CT molecular complexity index is 241. The molecule has 3 atom stereocenters. The van der Waals surface area contributed by atoms with Gasteiger partial charge in [0.2, 0.25) is 5.91 Å². The number of likely N-dealkylation sites (N-methyl/N-ethyl adjacent to an activating group) is 1. The molecule has 2 saturated heterocycles. The van der Waals surface area contributed by atoms with Crippen LogP contribution < -0.4 is 10.6 Å². The zero-order chi connectivity index (χ0) is 11.4. The van der Waals surface area contributed by atoms with Crippen LogP contribution in [0.25, 0.3) is 0 Å². The lowest BCUT2D eigenvalue weighted by molar-refractivity contribution is -0.126. The summed E-state index contributed by atoms with van der Waals surface area (Å²) >= 11 is 0. The minimum Gasteiger partial charge on any atom is -0.379 e. The van der Waals surface area contributed by atoms with E-state index in [1.54, 1.807) is 0 Å². The van der Waals surface area contributed by atoms with Crippen molar-refractivity contribution in [1.82, 2.24) is 10.6 Å². The molecule has 16 heavy (non-hydrogen) atoms. The fourth-order valence-electron chi connectivity index (χ4n) is 2.23. The Morgan fingerprint density at radius 2 is 2.19 bits per heavy atom. The summed E-state index contributed by atoms with van der Waals surface area (Å²) in [6.07, 6.45) is 0.922. The molecular weight excluding hydrogens is 208 g/mol. The molecule has 2 fully saturated rings. The zero-order valence-corrected chi connectivity index (χ0v) is 9.70. The van der Waals surface area contributed by atoms with Crippen molar-refractivity contribution in [2.24, 2.45) is 5.92 Å². The number of carbonyl (C=O) groups is 1. The highest BCUT2D eigenvalue weighted by atomic mass is 16.5. The Kier molecular flexibility index (Phi) is 4.15. The molecule has 2 heterocycles. The molecule has 0 spiro atoms. The standard InChI is InChI=1S/C11H20N2O3/c1-2-12-10-7-16-6-9(10)11(14)13-8-3-4-15-5-8/h8-10,12H,2-7H2,1H3,(H,13,14). The Balaban J connectivity index is 1.82. The topological polar surface area (TPSA) is 59.6 Å². The second-order valence-electron chi connectivity index (χ2n) is 4.38. The predicted octanol–water partition coefficient (Wildman–Crippen LogP) is -0.484. The van der Waals surface area contributed by atoms with Gasteiger partial charge in [-0.2, -0.15) is 0 Å². The van der Waals surface area contributed by atoms with E-state index in [0.717, 1.165) is 19.6 Å². The molecule has 2 rings (SSSR count). The first kappa shape index (κ1) is 11.8. The number of hydrogen-bond acceptors (Lipinski definition) is 4. The van der Waals surface area contributed by atoms with Gasteiger partial charge in [-0.1, -0.05) is 6.92 Å².